The van der Waals surface area contributed by atoms with Crippen molar-refractivity contribution in [2.45, 2.75) is 32.6 Å². The van der Waals surface area contributed by atoms with E-state index >= 15 is 0 Å². The highest BCUT2D eigenvalue weighted by molar-refractivity contribution is 7.92. The molecule has 0 aliphatic heterocycles. The lowest BCUT2D eigenvalue weighted by molar-refractivity contribution is 0.0984. The normalized spacial score (nSPS) is 11.4. The van der Waals surface area contributed by atoms with Gasteiger partial charge in [-0.15, -0.1) is 12.4 Å². The Morgan fingerprint density at radius 3 is 2.29 bits per heavy atom. The van der Waals surface area contributed by atoms with Gasteiger partial charge in [-0.05, 0) is 80.5 Å². The molecule has 38 heavy (non-hydrogen) atoms. The van der Waals surface area contributed by atoms with Gasteiger partial charge in [0, 0.05) is 24.3 Å². The number of anilines is 2. The maximum absolute atomic E-state index is 13.8. The Balaban J connectivity index is 0.00000400. The fourth-order valence-electron chi connectivity index (χ4n) is 4.03. The van der Waals surface area contributed by atoms with Crippen molar-refractivity contribution in [3.63, 3.8) is 0 Å². The Labute approximate surface area is 235 Å². The van der Waals surface area contributed by atoms with Crippen LogP contribution in [0.1, 0.15) is 35.3 Å². The van der Waals surface area contributed by atoms with Gasteiger partial charge in [0.15, 0.2) is 5.13 Å². The molecule has 4 aromatic rings. The highest BCUT2D eigenvalue weighted by Crippen LogP contribution is 2.32. The van der Waals surface area contributed by atoms with Crippen LogP contribution in [0.5, 0.6) is 0 Å². The number of carbonyl (C=O) groups excluding carboxylic acids is 1. The lowest BCUT2D eigenvalue weighted by Gasteiger charge is -2.25. The molecular weight excluding hydrogens is 540 g/mol. The van der Waals surface area contributed by atoms with E-state index in [2.05, 4.69) is 49.4 Å². The van der Waals surface area contributed by atoms with Crippen LogP contribution < -0.4 is 9.62 Å². The number of halogens is 1. The van der Waals surface area contributed by atoms with Gasteiger partial charge in [-0.3, -0.25) is 14.4 Å². The minimum atomic E-state index is -3.77. The molecule has 0 saturated carbocycles. The maximum atomic E-state index is 13.8. The zero-order chi connectivity index (χ0) is 26.6. The zero-order valence-corrected chi connectivity index (χ0v) is 24.4. The quantitative estimate of drug-likeness (QED) is 0.247. The summed E-state index contributed by atoms with van der Waals surface area (Å²) >= 11 is 1.49. The first-order valence-corrected chi connectivity index (χ1v) is 14.6. The molecule has 0 aliphatic rings. The van der Waals surface area contributed by atoms with Gasteiger partial charge in [0.05, 0.1) is 15.1 Å². The monoisotopic (exact) mass is 572 g/mol. The van der Waals surface area contributed by atoms with Gasteiger partial charge in [0.25, 0.3) is 15.9 Å². The van der Waals surface area contributed by atoms with Gasteiger partial charge in [-0.2, -0.15) is 0 Å². The second-order valence-corrected chi connectivity index (χ2v) is 11.6. The summed E-state index contributed by atoms with van der Waals surface area (Å²) in [5, 5.41) is 0.632. The molecule has 1 aromatic heterocycles. The number of aryl methyl sites for hydroxylation is 2. The minimum Gasteiger partial charge on any atom is -0.302 e. The molecule has 0 radical (unpaired) electrons. The highest BCUT2D eigenvalue weighted by Gasteiger charge is 2.23. The summed E-state index contributed by atoms with van der Waals surface area (Å²) in [4.78, 5) is 22.8. The molecule has 0 atom stereocenters. The molecule has 0 spiro atoms. The van der Waals surface area contributed by atoms with Crippen molar-refractivity contribution < 1.29 is 13.2 Å². The fraction of sp³-hybridized carbons (Fsp3) is 0.286. The number of sulfonamides is 1. The number of fused-ring (bicyclic) bond motifs is 1. The molecule has 4 rings (SSSR count). The van der Waals surface area contributed by atoms with Crippen LogP contribution in [0.2, 0.25) is 0 Å². The van der Waals surface area contributed by atoms with Crippen molar-refractivity contribution in [1.29, 1.82) is 0 Å². The van der Waals surface area contributed by atoms with Crippen LogP contribution in [0.3, 0.4) is 0 Å². The number of amides is 1. The predicted molar refractivity (Wildman–Crippen MR) is 159 cm³/mol. The molecule has 0 aliphatic carbocycles. The third-order valence-corrected chi connectivity index (χ3v) is 8.86. The van der Waals surface area contributed by atoms with E-state index in [1.54, 1.807) is 47.4 Å². The van der Waals surface area contributed by atoms with Crippen LogP contribution in [0.4, 0.5) is 10.8 Å². The van der Waals surface area contributed by atoms with Gasteiger partial charge >= 0.3 is 0 Å². The van der Waals surface area contributed by atoms with Crippen molar-refractivity contribution in [3.05, 3.63) is 83.4 Å². The van der Waals surface area contributed by atoms with E-state index in [1.807, 2.05) is 0 Å². The molecule has 1 heterocycles. The Kier molecular flexibility index (Phi) is 9.89. The number of carbonyl (C=O) groups is 1. The molecule has 1 amide bonds. The third-order valence-electron chi connectivity index (χ3n) is 6.42. The molecule has 7 nitrogen and oxygen atoms in total. The summed E-state index contributed by atoms with van der Waals surface area (Å²) in [7, 11) is -3.77. The summed E-state index contributed by atoms with van der Waals surface area (Å²) in [6.07, 6.45) is 0. The van der Waals surface area contributed by atoms with Crippen LogP contribution in [0.15, 0.2) is 71.6 Å². The van der Waals surface area contributed by atoms with Crippen molar-refractivity contribution >= 4 is 60.7 Å². The average Bonchev–Trinajstić information content (AvgIpc) is 3.29. The number of thiazole rings is 1. The molecule has 202 valence electrons. The molecule has 0 saturated heterocycles. The smallest absolute Gasteiger partial charge is 0.261 e. The number of benzene rings is 3. The third kappa shape index (κ3) is 6.71. The van der Waals surface area contributed by atoms with E-state index in [0.29, 0.717) is 29.5 Å². The molecule has 0 fully saturated rings. The number of nitrogens with zero attached hydrogens (tertiary/aromatic N) is 3. The Morgan fingerprint density at radius 1 is 0.921 bits per heavy atom. The summed E-state index contributed by atoms with van der Waals surface area (Å²) in [6, 6.07) is 18.9. The fourth-order valence-corrected chi connectivity index (χ4v) is 6.17. The van der Waals surface area contributed by atoms with Crippen molar-refractivity contribution in [1.82, 2.24) is 9.88 Å². The average molecular weight is 573 g/mol. The van der Waals surface area contributed by atoms with E-state index in [0.717, 1.165) is 28.9 Å². The minimum absolute atomic E-state index is 0. The van der Waals surface area contributed by atoms with Crippen molar-refractivity contribution in [2.75, 3.05) is 35.8 Å². The first kappa shape index (κ1) is 29.6. The largest absolute Gasteiger partial charge is 0.302 e. The molecule has 0 bridgehead atoms. The predicted octanol–water partition coefficient (Wildman–Crippen LogP) is 6.12. The molecular formula is C28H33ClN4O3S2. The highest BCUT2D eigenvalue weighted by atomic mass is 35.5. The standard InChI is InChI=1S/C28H32N4O3S2.ClH/c1-5-31(6-2)15-16-32(28-29-25-17-20(3)21(4)18-26(25)36-28)27(33)22-11-10-12-23(19-22)30-37(34,35)24-13-8-7-9-14-24;/h7-14,17-19,30H,5-6,15-16H2,1-4H3;1H. The topological polar surface area (TPSA) is 82.6 Å². The van der Waals surface area contributed by atoms with Crippen molar-refractivity contribution in [3.8, 4) is 0 Å². The number of hydrogen-bond donors (Lipinski definition) is 1. The van der Waals surface area contributed by atoms with E-state index < -0.39 is 10.0 Å². The van der Waals surface area contributed by atoms with E-state index in [9.17, 15) is 13.2 Å². The van der Waals surface area contributed by atoms with Crippen LogP contribution >= 0.6 is 23.7 Å². The SMILES string of the molecule is CCN(CC)CCN(C(=O)c1cccc(NS(=O)(=O)c2ccccc2)c1)c1nc2cc(C)c(C)cc2s1.Cl. The van der Waals surface area contributed by atoms with Crippen molar-refractivity contribution in [2.24, 2.45) is 0 Å². The summed E-state index contributed by atoms with van der Waals surface area (Å²) in [5.41, 5.74) is 3.92. The number of hydrogen-bond acceptors (Lipinski definition) is 6. The number of aromatic nitrogens is 1. The van der Waals surface area contributed by atoms with Gasteiger partial charge in [-0.1, -0.05) is 49.4 Å². The first-order chi connectivity index (χ1) is 17.7. The van der Waals surface area contributed by atoms with Crippen LogP contribution in [0.25, 0.3) is 10.2 Å². The van der Waals surface area contributed by atoms with Gasteiger partial charge < -0.3 is 4.90 Å². The second-order valence-electron chi connectivity index (χ2n) is 8.88. The molecule has 10 heteroatoms. The van der Waals surface area contributed by atoms with Crippen LogP contribution in [-0.4, -0.2) is 50.4 Å². The molecule has 0 unspecified atom stereocenters. The van der Waals surface area contributed by atoms with E-state index in [-0.39, 0.29) is 23.2 Å². The maximum Gasteiger partial charge on any atom is 0.261 e. The Hall–Kier alpha value is -2.98. The summed E-state index contributed by atoms with van der Waals surface area (Å²) in [5.74, 6) is -0.222. The Bertz CT molecular complexity index is 1460. The number of rotatable bonds is 10. The lowest BCUT2D eigenvalue weighted by Crippen LogP contribution is -2.38. The zero-order valence-electron chi connectivity index (χ0n) is 22.0. The summed E-state index contributed by atoms with van der Waals surface area (Å²) < 4.78 is 29.3. The summed E-state index contributed by atoms with van der Waals surface area (Å²) in [6.45, 7) is 11.3. The Morgan fingerprint density at radius 2 is 1.61 bits per heavy atom. The van der Waals surface area contributed by atoms with Crippen LogP contribution in [-0.2, 0) is 10.0 Å². The number of nitrogens with one attached hydrogen (secondary N) is 1. The van der Waals surface area contributed by atoms with E-state index in [4.69, 9.17) is 4.98 Å². The first-order valence-electron chi connectivity index (χ1n) is 12.3. The molecule has 3 aromatic carbocycles. The molecule has 1 N–H and O–H groups in total. The van der Waals surface area contributed by atoms with Gasteiger partial charge in [0.2, 0.25) is 0 Å². The second kappa shape index (κ2) is 12.7. The van der Waals surface area contributed by atoms with Gasteiger partial charge in [0.1, 0.15) is 0 Å². The van der Waals surface area contributed by atoms with Gasteiger partial charge in [-0.25, -0.2) is 13.4 Å². The van der Waals surface area contributed by atoms with Crippen LogP contribution in [0, 0.1) is 13.8 Å². The lowest BCUT2D eigenvalue weighted by atomic mass is 10.1. The number of likely N-dealkylation sites (N-methyl/N-ethyl adjacent to an activating group) is 1. The van der Waals surface area contributed by atoms with E-state index in [1.165, 1.54) is 29.0 Å².